The van der Waals surface area contributed by atoms with Crippen LogP contribution in [0.5, 0.6) is 11.5 Å². The Morgan fingerprint density at radius 3 is 2.12 bits per heavy atom. The van der Waals surface area contributed by atoms with E-state index in [-0.39, 0.29) is 6.42 Å². The number of nitriles is 2. The van der Waals surface area contributed by atoms with Gasteiger partial charge in [-0.05, 0) is 25.5 Å². The van der Waals surface area contributed by atoms with Crippen LogP contribution in [0.4, 0.5) is 0 Å². The van der Waals surface area contributed by atoms with E-state index in [4.69, 9.17) is 20.0 Å². The molecule has 1 aromatic rings. The molecule has 0 bridgehead atoms. The summed E-state index contributed by atoms with van der Waals surface area (Å²) in [5.41, 5.74) is 1.13. The van der Waals surface area contributed by atoms with Crippen molar-refractivity contribution in [1.82, 2.24) is 0 Å². The van der Waals surface area contributed by atoms with E-state index in [0.29, 0.717) is 35.8 Å². The van der Waals surface area contributed by atoms with Crippen LogP contribution in [0.25, 0.3) is 0 Å². The van der Waals surface area contributed by atoms with Crippen molar-refractivity contribution < 1.29 is 9.47 Å². The van der Waals surface area contributed by atoms with Gasteiger partial charge in [0.2, 0.25) is 0 Å². The largest absolute Gasteiger partial charge is 0.490 e. The monoisotopic (exact) mass is 230 g/mol. The van der Waals surface area contributed by atoms with Gasteiger partial charge in [-0.1, -0.05) is 0 Å². The van der Waals surface area contributed by atoms with Crippen LogP contribution in [0, 0.1) is 22.7 Å². The first-order chi connectivity index (χ1) is 8.26. The second kappa shape index (κ2) is 6.40. The van der Waals surface area contributed by atoms with Crippen molar-refractivity contribution >= 4 is 0 Å². The lowest BCUT2D eigenvalue weighted by Crippen LogP contribution is -2.01. The third-order valence-electron chi connectivity index (χ3n) is 2.16. The third kappa shape index (κ3) is 3.12. The highest BCUT2D eigenvalue weighted by atomic mass is 16.5. The van der Waals surface area contributed by atoms with Crippen LogP contribution in [0.15, 0.2) is 12.1 Å². The summed E-state index contributed by atoms with van der Waals surface area (Å²) in [5, 5.41) is 17.7. The topological polar surface area (TPSA) is 66.0 Å². The Morgan fingerprint density at radius 2 is 1.65 bits per heavy atom. The molecule has 0 saturated heterocycles. The number of benzene rings is 1. The van der Waals surface area contributed by atoms with Gasteiger partial charge in [-0.15, -0.1) is 0 Å². The van der Waals surface area contributed by atoms with E-state index in [0.717, 1.165) is 0 Å². The Labute approximate surface area is 101 Å². The summed E-state index contributed by atoms with van der Waals surface area (Å²) in [6.45, 7) is 4.75. The highest BCUT2D eigenvalue weighted by Crippen LogP contribution is 2.31. The summed E-state index contributed by atoms with van der Waals surface area (Å²) in [4.78, 5) is 0. The van der Waals surface area contributed by atoms with Crippen molar-refractivity contribution in [3.8, 4) is 23.6 Å². The van der Waals surface area contributed by atoms with Gasteiger partial charge < -0.3 is 9.47 Å². The van der Waals surface area contributed by atoms with E-state index in [1.54, 1.807) is 12.1 Å². The highest BCUT2D eigenvalue weighted by Gasteiger charge is 2.11. The SMILES string of the molecule is CCOc1cc(C#N)c(CC#N)cc1OCC. The first kappa shape index (κ1) is 12.9. The van der Waals surface area contributed by atoms with E-state index in [1.165, 1.54) is 0 Å². The molecular formula is C13H14N2O2. The van der Waals surface area contributed by atoms with E-state index in [2.05, 4.69) is 6.07 Å². The van der Waals surface area contributed by atoms with Crippen molar-refractivity contribution in [2.45, 2.75) is 20.3 Å². The van der Waals surface area contributed by atoms with Crippen molar-refractivity contribution in [3.05, 3.63) is 23.3 Å². The maximum atomic E-state index is 9.00. The molecule has 0 heterocycles. The summed E-state index contributed by atoms with van der Waals surface area (Å²) in [5.74, 6) is 1.13. The first-order valence-corrected chi connectivity index (χ1v) is 5.46. The van der Waals surface area contributed by atoms with Gasteiger partial charge in [-0.3, -0.25) is 0 Å². The summed E-state index contributed by atoms with van der Waals surface area (Å²) in [6.07, 6.45) is 0.190. The van der Waals surface area contributed by atoms with Gasteiger partial charge in [0, 0.05) is 6.07 Å². The second-order valence-electron chi connectivity index (χ2n) is 3.27. The maximum Gasteiger partial charge on any atom is 0.162 e. The van der Waals surface area contributed by atoms with E-state index in [1.807, 2.05) is 19.9 Å². The van der Waals surface area contributed by atoms with Gasteiger partial charge in [-0.2, -0.15) is 10.5 Å². The van der Waals surface area contributed by atoms with Gasteiger partial charge in [0.05, 0.1) is 37.3 Å². The van der Waals surface area contributed by atoms with Crippen LogP contribution in [0.1, 0.15) is 25.0 Å². The molecule has 0 unspecified atom stereocenters. The molecule has 0 aliphatic heterocycles. The Kier molecular flexibility index (Phi) is 4.84. The molecule has 0 amide bonds. The van der Waals surface area contributed by atoms with Gasteiger partial charge in [-0.25, -0.2) is 0 Å². The number of hydrogen-bond donors (Lipinski definition) is 0. The molecule has 0 N–H and O–H groups in total. The predicted molar refractivity (Wildman–Crippen MR) is 62.8 cm³/mol. The molecule has 0 spiro atoms. The number of nitrogens with zero attached hydrogens (tertiary/aromatic N) is 2. The fourth-order valence-electron chi connectivity index (χ4n) is 1.47. The minimum atomic E-state index is 0.190. The van der Waals surface area contributed by atoms with Crippen LogP contribution in [0.3, 0.4) is 0 Å². The second-order valence-corrected chi connectivity index (χ2v) is 3.27. The lowest BCUT2D eigenvalue weighted by molar-refractivity contribution is 0.287. The van der Waals surface area contributed by atoms with Crippen molar-refractivity contribution in [1.29, 1.82) is 10.5 Å². The maximum absolute atomic E-state index is 9.00. The Hall–Kier alpha value is -2.20. The van der Waals surface area contributed by atoms with Crippen molar-refractivity contribution in [2.24, 2.45) is 0 Å². The van der Waals surface area contributed by atoms with Gasteiger partial charge >= 0.3 is 0 Å². The zero-order valence-corrected chi connectivity index (χ0v) is 9.99. The molecule has 88 valence electrons. The predicted octanol–water partition coefficient (Wildman–Crippen LogP) is 2.42. The Morgan fingerprint density at radius 1 is 1.06 bits per heavy atom. The van der Waals surface area contributed by atoms with Gasteiger partial charge in [0.25, 0.3) is 0 Å². The van der Waals surface area contributed by atoms with E-state index >= 15 is 0 Å². The smallest absolute Gasteiger partial charge is 0.162 e. The molecule has 4 heteroatoms. The lowest BCUT2D eigenvalue weighted by atomic mass is 10.0. The summed E-state index contributed by atoms with van der Waals surface area (Å²) in [6, 6.07) is 7.42. The minimum absolute atomic E-state index is 0.190. The molecule has 17 heavy (non-hydrogen) atoms. The molecule has 0 saturated carbocycles. The molecule has 0 radical (unpaired) electrons. The summed E-state index contributed by atoms with van der Waals surface area (Å²) >= 11 is 0. The fourth-order valence-corrected chi connectivity index (χ4v) is 1.47. The number of rotatable bonds is 5. The average molecular weight is 230 g/mol. The Bertz CT molecular complexity index is 470. The third-order valence-corrected chi connectivity index (χ3v) is 2.16. The fraction of sp³-hybridized carbons (Fsp3) is 0.385. The van der Waals surface area contributed by atoms with Crippen molar-refractivity contribution in [3.63, 3.8) is 0 Å². The zero-order valence-electron chi connectivity index (χ0n) is 9.99. The quantitative estimate of drug-likeness (QED) is 0.779. The molecular weight excluding hydrogens is 216 g/mol. The van der Waals surface area contributed by atoms with Crippen LogP contribution in [-0.4, -0.2) is 13.2 Å². The molecule has 0 fully saturated rings. The molecule has 0 aliphatic carbocycles. The molecule has 1 aromatic carbocycles. The van der Waals surface area contributed by atoms with Crippen LogP contribution in [0.2, 0.25) is 0 Å². The normalized spacial score (nSPS) is 9.18. The zero-order chi connectivity index (χ0) is 12.7. The highest BCUT2D eigenvalue weighted by molar-refractivity contribution is 5.52. The van der Waals surface area contributed by atoms with Crippen LogP contribution < -0.4 is 9.47 Å². The standard InChI is InChI=1S/C13H14N2O2/c1-3-16-12-7-10(5-6-14)11(9-15)8-13(12)17-4-2/h7-8H,3-5H2,1-2H3. The van der Waals surface area contributed by atoms with E-state index in [9.17, 15) is 0 Å². The first-order valence-electron chi connectivity index (χ1n) is 5.46. The van der Waals surface area contributed by atoms with Crippen LogP contribution in [-0.2, 0) is 6.42 Å². The molecule has 0 aliphatic rings. The van der Waals surface area contributed by atoms with E-state index < -0.39 is 0 Å². The average Bonchev–Trinajstić information content (AvgIpc) is 2.33. The van der Waals surface area contributed by atoms with Gasteiger partial charge in [0.1, 0.15) is 0 Å². The summed E-state index contributed by atoms with van der Waals surface area (Å²) < 4.78 is 10.8. The molecule has 4 nitrogen and oxygen atoms in total. The van der Waals surface area contributed by atoms with Crippen molar-refractivity contribution in [2.75, 3.05) is 13.2 Å². The van der Waals surface area contributed by atoms with Gasteiger partial charge in [0.15, 0.2) is 11.5 Å². The summed E-state index contributed by atoms with van der Waals surface area (Å²) in [7, 11) is 0. The van der Waals surface area contributed by atoms with Crippen LogP contribution >= 0.6 is 0 Å². The number of ether oxygens (including phenoxy) is 2. The minimum Gasteiger partial charge on any atom is -0.490 e. The molecule has 0 atom stereocenters. The number of hydrogen-bond acceptors (Lipinski definition) is 4. The molecule has 0 aromatic heterocycles. The lowest BCUT2D eigenvalue weighted by Gasteiger charge is -2.12. The Balaban J connectivity index is 3.23. The molecule has 1 rings (SSSR count).